The van der Waals surface area contributed by atoms with Gasteiger partial charge >= 0.3 is 0 Å². The summed E-state index contributed by atoms with van der Waals surface area (Å²) in [7, 11) is 1.65. The molecule has 2 aromatic rings. The van der Waals surface area contributed by atoms with Gasteiger partial charge in [0, 0.05) is 23.2 Å². The first-order chi connectivity index (χ1) is 18.1. The molecule has 1 aliphatic rings. The Morgan fingerprint density at radius 1 is 1.11 bits per heavy atom. The Morgan fingerprint density at radius 3 is 2.24 bits per heavy atom. The third kappa shape index (κ3) is 10.1. The lowest BCUT2D eigenvalue weighted by atomic mass is 9.80. The summed E-state index contributed by atoms with van der Waals surface area (Å²) in [4.78, 5) is 21.1. The Morgan fingerprint density at radius 2 is 1.74 bits per heavy atom. The molecule has 0 radical (unpaired) electrons. The summed E-state index contributed by atoms with van der Waals surface area (Å²) in [6.45, 7) is 9.35. The zero-order chi connectivity index (χ0) is 28.7. The quantitative estimate of drug-likeness (QED) is 0.204. The van der Waals surface area contributed by atoms with E-state index < -0.39 is 0 Å². The SMILES string of the molecule is CC=O.CCC1CCC(C(=O)Nc2ccc(C)c(OC)c2)CC1.CCc1c(C)cc(C(=N)OC=N)cc1F. The maximum absolute atomic E-state index is 13.5. The smallest absolute Gasteiger partial charge is 0.227 e. The standard InChI is InChI=1S/C17H25NO2.C11H13FN2O.C2H4O/c1-4-13-6-8-14(9-7-13)17(19)18-15-10-5-12(2)16(11-15)20-3;1-3-9-7(2)4-8(5-10(9)12)11(14)15-6-13;1-2-3/h5,10-11,13-14H,4,6-9H2,1-3H3,(H,18,19);4-6,13-14H,3H2,1-2H3;2H,1H3. The first-order valence-electron chi connectivity index (χ1n) is 13.0. The van der Waals surface area contributed by atoms with Crippen LogP contribution in [-0.4, -0.2) is 31.6 Å². The van der Waals surface area contributed by atoms with E-state index in [-0.39, 0.29) is 23.5 Å². The second kappa shape index (κ2) is 17.1. The normalized spacial score (nSPS) is 16.0. The highest BCUT2D eigenvalue weighted by Gasteiger charge is 2.25. The van der Waals surface area contributed by atoms with Crippen LogP contribution in [0.15, 0.2) is 30.3 Å². The molecule has 3 N–H and O–H groups in total. The van der Waals surface area contributed by atoms with Gasteiger partial charge < -0.3 is 19.6 Å². The lowest BCUT2D eigenvalue weighted by Gasteiger charge is -2.27. The van der Waals surface area contributed by atoms with Crippen LogP contribution in [0.4, 0.5) is 10.1 Å². The van der Waals surface area contributed by atoms with Gasteiger partial charge in [0.05, 0.1) is 7.11 Å². The molecule has 38 heavy (non-hydrogen) atoms. The molecule has 0 aromatic heterocycles. The highest BCUT2D eigenvalue weighted by Crippen LogP contribution is 2.31. The Bertz CT molecular complexity index is 1060. The Balaban J connectivity index is 0.000000356. The van der Waals surface area contributed by atoms with Gasteiger partial charge in [-0.25, -0.2) is 4.39 Å². The van der Waals surface area contributed by atoms with Crippen LogP contribution in [0.1, 0.15) is 75.1 Å². The van der Waals surface area contributed by atoms with Gasteiger partial charge in [0.1, 0.15) is 17.9 Å². The number of rotatable bonds is 7. The molecule has 1 aliphatic carbocycles. The van der Waals surface area contributed by atoms with E-state index >= 15 is 0 Å². The number of nitrogens with one attached hydrogen (secondary N) is 3. The van der Waals surface area contributed by atoms with Gasteiger partial charge in [-0.1, -0.05) is 26.3 Å². The highest BCUT2D eigenvalue weighted by atomic mass is 19.1. The Hall–Kier alpha value is -3.55. The predicted molar refractivity (Wildman–Crippen MR) is 151 cm³/mol. The molecule has 1 saturated carbocycles. The minimum absolute atomic E-state index is 0.158. The molecule has 0 atom stereocenters. The largest absolute Gasteiger partial charge is 0.496 e. The molecule has 0 spiro atoms. The lowest BCUT2D eigenvalue weighted by molar-refractivity contribution is -0.121. The molecule has 0 unspecified atom stereocenters. The van der Waals surface area contributed by atoms with Gasteiger partial charge in [0.2, 0.25) is 11.8 Å². The summed E-state index contributed by atoms with van der Waals surface area (Å²) in [6.07, 6.45) is 7.68. The fraction of sp³-hybridized carbons (Fsp3) is 0.467. The number of anilines is 1. The molecule has 0 saturated heterocycles. The zero-order valence-electron chi connectivity index (χ0n) is 23.4. The summed E-state index contributed by atoms with van der Waals surface area (Å²) in [5.74, 6) is 1.42. The molecule has 0 aliphatic heterocycles. The van der Waals surface area contributed by atoms with E-state index in [4.69, 9.17) is 20.3 Å². The second-order valence-electron chi connectivity index (χ2n) is 9.21. The molecule has 2 aromatic carbocycles. The predicted octanol–water partition coefficient (Wildman–Crippen LogP) is 7.01. The van der Waals surface area contributed by atoms with Gasteiger partial charge in [-0.3, -0.25) is 15.6 Å². The Kier molecular flexibility index (Phi) is 14.6. The molecule has 7 nitrogen and oxygen atoms in total. The van der Waals surface area contributed by atoms with Gasteiger partial charge in [0.25, 0.3) is 0 Å². The average molecular weight is 528 g/mol. The van der Waals surface area contributed by atoms with E-state index in [1.54, 1.807) is 20.1 Å². The van der Waals surface area contributed by atoms with E-state index in [0.717, 1.165) is 47.6 Å². The van der Waals surface area contributed by atoms with Crippen molar-refractivity contribution >= 4 is 30.2 Å². The number of hydrogen-bond donors (Lipinski definition) is 3. The van der Waals surface area contributed by atoms with Crippen molar-refractivity contribution in [3.8, 4) is 5.75 Å². The molecular formula is C30H42FN3O4. The summed E-state index contributed by atoms with van der Waals surface area (Å²) < 4.78 is 23.4. The number of ether oxygens (including phenoxy) is 2. The van der Waals surface area contributed by atoms with Gasteiger partial charge in [-0.05, 0) is 93.7 Å². The third-order valence-electron chi connectivity index (χ3n) is 6.68. The molecule has 8 heteroatoms. The van der Waals surface area contributed by atoms with Crippen LogP contribution < -0.4 is 10.1 Å². The van der Waals surface area contributed by atoms with Gasteiger partial charge in [-0.2, -0.15) is 0 Å². The van der Waals surface area contributed by atoms with Crippen molar-refractivity contribution in [1.82, 2.24) is 0 Å². The minimum Gasteiger partial charge on any atom is -0.496 e. The number of carbonyl (C=O) groups excluding carboxylic acids is 2. The molecule has 3 rings (SSSR count). The molecule has 1 fully saturated rings. The highest BCUT2D eigenvalue weighted by molar-refractivity contribution is 5.95. The van der Waals surface area contributed by atoms with E-state index in [1.165, 1.54) is 32.3 Å². The van der Waals surface area contributed by atoms with Crippen LogP contribution in [0, 0.1) is 42.3 Å². The summed E-state index contributed by atoms with van der Waals surface area (Å²) in [6, 6.07) is 8.76. The number of carbonyl (C=O) groups is 2. The number of benzene rings is 2. The topological polar surface area (TPSA) is 112 Å². The summed E-state index contributed by atoms with van der Waals surface area (Å²) >= 11 is 0. The molecule has 208 valence electrons. The van der Waals surface area contributed by atoms with Crippen LogP contribution in [0.3, 0.4) is 0 Å². The van der Waals surface area contributed by atoms with E-state index in [9.17, 15) is 9.18 Å². The van der Waals surface area contributed by atoms with Crippen molar-refractivity contribution < 1.29 is 23.5 Å². The molecule has 0 bridgehead atoms. The van der Waals surface area contributed by atoms with Crippen molar-refractivity contribution in [1.29, 1.82) is 10.8 Å². The second-order valence-corrected chi connectivity index (χ2v) is 9.21. The van der Waals surface area contributed by atoms with Crippen LogP contribution in [0.5, 0.6) is 5.75 Å². The number of methoxy groups -OCH3 is 1. The number of aldehydes is 1. The van der Waals surface area contributed by atoms with Gasteiger partial charge in [-0.15, -0.1) is 0 Å². The number of halogens is 1. The van der Waals surface area contributed by atoms with E-state index in [1.807, 2.05) is 32.0 Å². The molecule has 1 amide bonds. The van der Waals surface area contributed by atoms with Crippen molar-refractivity contribution in [2.75, 3.05) is 12.4 Å². The third-order valence-corrected chi connectivity index (χ3v) is 6.68. The minimum atomic E-state index is -0.328. The maximum Gasteiger partial charge on any atom is 0.227 e. The first kappa shape index (κ1) is 32.5. The van der Waals surface area contributed by atoms with Crippen LogP contribution in [0.2, 0.25) is 0 Å². The van der Waals surface area contributed by atoms with Gasteiger partial charge in [0.15, 0.2) is 6.40 Å². The Labute approximate surface area is 226 Å². The van der Waals surface area contributed by atoms with Crippen molar-refractivity contribution in [3.05, 3.63) is 58.4 Å². The van der Waals surface area contributed by atoms with Crippen LogP contribution in [-0.2, 0) is 20.7 Å². The number of amides is 1. The first-order valence-corrected chi connectivity index (χ1v) is 13.0. The summed E-state index contributed by atoms with van der Waals surface area (Å²) in [5.41, 5.74) is 3.71. The molecular weight excluding hydrogens is 485 g/mol. The maximum atomic E-state index is 13.5. The number of hydrogen-bond acceptors (Lipinski definition) is 6. The average Bonchev–Trinajstić information content (AvgIpc) is 2.90. The van der Waals surface area contributed by atoms with E-state index in [0.29, 0.717) is 23.9 Å². The monoisotopic (exact) mass is 527 g/mol. The lowest BCUT2D eigenvalue weighted by Crippen LogP contribution is -2.27. The van der Waals surface area contributed by atoms with Crippen molar-refractivity contribution in [2.24, 2.45) is 11.8 Å². The van der Waals surface area contributed by atoms with Crippen LogP contribution in [0.25, 0.3) is 0 Å². The van der Waals surface area contributed by atoms with E-state index in [2.05, 4.69) is 17.0 Å². The van der Waals surface area contributed by atoms with Crippen LogP contribution >= 0.6 is 0 Å². The van der Waals surface area contributed by atoms with Crippen molar-refractivity contribution in [2.45, 2.75) is 73.1 Å². The zero-order valence-corrected chi connectivity index (χ0v) is 23.4. The number of aryl methyl sites for hydroxylation is 2. The molecule has 0 heterocycles. The van der Waals surface area contributed by atoms with Crippen molar-refractivity contribution in [3.63, 3.8) is 0 Å². The fourth-order valence-electron chi connectivity index (χ4n) is 4.45. The fourth-order valence-corrected chi connectivity index (χ4v) is 4.45. The summed E-state index contributed by atoms with van der Waals surface area (Å²) in [5, 5.41) is 17.1.